The highest BCUT2D eigenvalue weighted by Crippen LogP contribution is 2.40. The number of anilines is 2. The van der Waals surface area contributed by atoms with Crippen molar-refractivity contribution in [2.75, 3.05) is 10.6 Å². The number of aryl methyl sites for hydroxylation is 1. The standard InChI is InChI=1S/C13H17ClN4O/c1-7-3-5-13(6-4-7)11(19)16-9-8(2)15-12(14)17-10(9)18-13/h7H,3-6H2,1-2H3,(H,16,19)(H,15,17,18). The molecule has 0 aromatic carbocycles. The van der Waals surface area contributed by atoms with Crippen LogP contribution in [0.3, 0.4) is 0 Å². The summed E-state index contributed by atoms with van der Waals surface area (Å²) >= 11 is 5.89. The topological polar surface area (TPSA) is 66.9 Å². The fourth-order valence-electron chi connectivity index (χ4n) is 2.90. The molecule has 1 aromatic heterocycles. The molecular weight excluding hydrogens is 264 g/mol. The van der Waals surface area contributed by atoms with E-state index in [4.69, 9.17) is 11.6 Å². The third-order valence-corrected chi connectivity index (χ3v) is 4.39. The zero-order valence-corrected chi connectivity index (χ0v) is 11.8. The van der Waals surface area contributed by atoms with Crippen LogP contribution in [0.4, 0.5) is 11.5 Å². The SMILES string of the molecule is Cc1nc(Cl)nc2c1NC(=O)C1(CCC(C)CC1)N2. The first-order valence-electron chi connectivity index (χ1n) is 6.64. The largest absolute Gasteiger partial charge is 0.354 e. The number of amides is 1. The maximum atomic E-state index is 12.4. The normalized spacial score (nSPS) is 29.6. The van der Waals surface area contributed by atoms with Crippen molar-refractivity contribution in [3.8, 4) is 0 Å². The molecule has 0 bridgehead atoms. The Balaban J connectivity index is 1.97. The van der Waals surface area contributed by atoms with Gasteiger partial charge in [0.25, 0.3) is 0 Å². The average Bonchev–Trinajstić information content (AvgIpc) is 2.35. The van der Waals surface area contributed by atoms with Crippen molar-refractivity contribution in [3.05, 3.63) is 11.0 Å². The number of hydrogen-bond donors (Lipinski definition) is 2. The van der Waals surface area contributed by atoms with Gasteiger partial charge in [-0.2, -0.15) is 4.98 Å². The minimum absolute atomic E-state index is 0.0286. The Morgan fingerprint density at radius 2 is 2.00 bits per heavy atom. The van der Waals surface area contributed by atoms with Crippen LogP contribution in [0.1, 0.15) is 38.3 Å². The van der Waals surface area contributed by atoms with Crippen molar-refractivity contribution in [2.45, 2.75) is 45.1 Å². The maximum absolute atomic E-state index is 12.4. The molecule has 1 saturated carbocycles. The zero-order valence-electron chi connectivity index (χ0n) is 11.1. The van der Waals surface area contributed by atoms with E-state index in [2.05, 4.69) is 27.5 Å². The van der Waals surface area contributed by atoms with Gasteiger partial charge in [0.1, 0.15) is 11.2 Å². The van der Waals surface area contributed by atoms with E-state index in [1.165, 1.54) is 0 Å². The van der Waals surface area contributed by atoms with Gasteiger partial charge in [0.2, 0.25) is 11.2 Å². The van der Waals surface area contributed by atoms with Gasteiger partial charge in [0, 0.05) is 0 Å². The Labute approximate surface area is 117 Å². The van der Waals surface area contributed by atoms with Crippen molar-refractivity contribution in [3.63, 3.8) is 0 Å². The molecule has 2 aliphatic rings. The van der Waals surface area contributed by atoms with Crippen LogP contribution in [0.2, 0.25) is 5.28 Å². The fourth-order valence-corrected chi connectivity index (χ4v) is 3.11. The number of halogens is 1. The molecule has 2 heterocycles. The third-order valence-electron chi connectivity index (χ3n) is 4.22. The molecule has 0 atom stereocenters. The van der Waals surface area contributed by atoms with Crippen molar-refractivity contribution >= 4 is 29.0 Å². The van der Waals surface area contributed by atoms with Crippen molar-refractivity contribution in [1.29, 1.82) is 0 Å². The summed E-state index contributed by atoms with van der Waals surface area (Å²) in [6, 6.07) is 0. The first-order chi connectivity index (χ1) is 9.00. The molecule has 1 aromatic rings. The van der Waals surface area contributed by atoms with Crippen molar-refractivity contribution in [2.24, 2.45) is 5.92 Å². The van der Waals surface area contributed by atoms with Gasteiger partial charge in [0.15, 0.2) is 5.82 Å². The van der Waals surface area contributed by atoms with Gasteiger partial charge >= 0.3 is 0 Å². The summed E-state index contributed by atoms with van der Waals surface area (Å²) in [7, 11) is 0. The highest BCUT2D eigenvalue weighted by molar-refractivity contribution is 6.28. The van der Waals surface area contributed by atoms with E-state index in [0.29, 0.717) is 23.1 Å². The highest BCUT2D eigenvalue weighted by atomic mass is 35.5. The summed E-state index contributed by atoms with van der Waals surface area (Å²) in [5, 5.41) is 6.47. The van der Waals surface area contributed by atoms with Gasteiger partial charge in [-0.05, 0) is 50.1 Å². The summed E-state index contributed by atoms with van der Waals surface area (Å²) in [6.07, 6.45) is 3.77. The van der Waals surface area contributed by atoms with Crippen LogP contribution in [0.5, 0.6) is 0 Å². The number of rotatable bonds is 0. The highest BCUT2D eigenvalue weighted by Gasteiger charge is 2.45. The molecule has 0 saturated heterocycles. The monoisotopic (exact) mass is 280 g/mol. The Bertz CT molecular complexity index is 538. The van der Waals surface area contributed by atoms with Crippen LogP contribution in [0.15, 0.2) is 0 Å². The Morgan fingerprint density at radius 3 is 2.68 bits per heavy atom. The lowest BCUT2D eigenvalue weighted by Crippen LogP contribution is -2.54. The van der Waals surface area contributed by atoms with E-state index in [0.717, 1.165) is 25.7 Å². The smallest absolute Gasteiger partial charge is 0.250 e. The van der Waals surface area contributed by atoms with Crippen molar-refractivity contribution in [1.82, 2.24) is 9.97 Å². The average molecular weight is 281 g/mol. The summed E-state index contributed by atoms with van der Waals surface area (Å²) < 4.78 is 0. The van der Waals surface area contributed by atoms with Crippen LogP contribution in [-0.4, -0.2) is 21.4 Å². The third kappa shape index (κ3) is 2.06. The summed E-state index contributed by atoms with van der Waals surface area (Å²) in [5.74, 6) is 1.35. The van der Waals surface area contributed by atoms with Gasteiger partial charge in [-0.15, -0.1) is 0 Å². The fraction of sp³-hybridized carbons (Fsp3) is 0.615. The number of fused-ring (bicyclic) bond motifs is 1. The Kier molecular flexibility index (Phi) is 2.89. The lowest BCUT2D eigenvalue weighted by Gasteiger charge is -2.42. The molecular formula is C13H17ClN4O. The number of nitrogens with one attached hydrogen (secondary N) is 2. The van der Waals surface area contributed by atoms with Gasteiger partial charge in [-0.1, -0.05) is 6.92 Å². The Hall–Kier alpha value is -1.36. The van der Waals surface area contributed by atoms with E-state index in [1.54, 1.807) is 0 Å². The molecule has 5 nitrogen and oxygen atoms in total. The lowest BCUT2D eigenvalue weighted by molar-refractivity contribution is -0.121. The molecule has 102 valence electrons. The summed E-state index contributed by atoms with van der Waals surface area (Å²) in [5.41, 5.74) is 0.817. The first kappa shape index (κ1) is 12.7. The van der Waals surface area contributed by atoms with Crippen LogP contribution < -0.4 is 10.6 Å². The van der Waals surface area contributed by atoms with E-state index in [-0.39, 0.29) is 11.2 Å². The molecule has 2 N–H and O–H groups in total. The molecule has 0 unspecified atom stereocenters. The second-order valence-electron chi connectivity index (χ2n) is 5.65. The number of carbonyl (C=O) groups excluding carboxylic acids is 1. The van der Waals surface area contributed by atoms with Gasteiger partial charge < -0.3 is 10.6 Å². The molecule has 1 fully saturated rings. The zero-order chi connectivity index (χ0) is 13.6. The molecule has 0 radical (unpaired) electrons. The summed E-state index contributed by atoms with van der Waals surface area (Å²) in [4.78, 5) is 20.7. The second-order valence-corrected chi connectivity index (χ2v) is 5.98. The van der Waals surface area contributed by atoms with Gasteiger partial charge in [0.05, 0.1) is 5.69 Å². The molecule has 1 aliphatic carbocycles. The van der Waals surface area contributed by atoms with Gasteiger partial charge in [-0.25, -0.2) is 4.98 Å². The molecule has 6 heteroatoms. The van der Waals surface area contributed by atoms with Crippen LogP contribution >= 0.6 is 11.6 Å². The molecule has 1 amide bonds. The predicted octanol–water partition coefficient (Wildman–Crippen LogP) is 2.75. The molecule has 3 rings (SSSR count). The molecule has 1 spiro atoms. The quantitative estimate of drug-likeness (QED) is 0.717. The minimum Gasteiger partial charge on any atom is -0.354 e. The predicted molar refractivity (Wildman–Crippen MR) is 74.4 cm³/mol. The molecule has 19 heavy (non-hydrogen) atoms. The number of carbonyl (C=O) groups is 1. The number of aromatic nitrogens is 2. The van der Waals surface area contributed by atoms with Crippen molar-refractivity contribution < 1.29 is 4.79 Å². The summed E-state index contributed by atoms with van der Waals surface area (Å²) in [6.45, 7) is 4.04. The van der Waals surface area contributed by atoms with Crippen LogP contribution in [-0.2, 0) is 4.79 Å². The number of hydrogen-bond acceptors (Lipinski definition) is 4. The lowest BCUT2D eigenvalue weighted by atomic mass is 9.75. The van der Waals surface area contributed by atoms with E-state index >= 15 is 0 Å². The van der Waals surface area contributed by atoms with E-state index < -0.39 is 5.54 Å². The van der Waals surface area contributed by atoms with E-state index in [1.807, 2.05) is 6.92 Å². The molecule has 1 aliphatic heterocycles. The second kappa shape index (κ2) is 4.34. The Morgan fingerprint density at radius 1 is 1.32 bits per heavy atom. The number of nitrogens with zero attached hydrogens (tertiary/aromatic N) is 2. The van der Waals surface area contributed by atoms with Crippen LogP contribution in [0.25, 0.3) is 0 Å². The maximum Gasteiger partial charge on any atom is 0.250 e. The van der Waals surface area contributed by atoms with Gasteiger partial charge in [-0.3, -0.25) is 4.79 Å². The first-order valence-corrected chi connectivity index (χ1v) is 7.02. The minimum atomic E-state index is -0.524. The van der Waals surface area contributed by atoms with Crippen LogP contribution in [0, 0.1) is 12.8 Å². The van der Waals surface area contributed by atoms with E-state index in [9.17, 15) is 4.79 Å².